The summed E-state index contributed by atoms with van der Waals surface area (Å²) in [6.07, 6.45) is 4.54. The maximum atomic E-state index is 13.4. The maximum Gasteiger partial charge on any atom is 0.326 e. The van der Waals surface area contributed by atoms with Gasteiger partial charge >= 0.3 is 5.97 Å². The van der Waals surface area contributed by atoms with Crippen LogP contribution in [0.5, 0.6) is 0 Å². The van der Waals surface area contributed by atoms with E-state index in [1.165, 1.54) is 11.8 Å². The molecule has 1 aromatic heterocycles. The van der Waals surface area contributed by atoms with E-state index in [1.807, 2.05) is 24.3 Å². The van der Waals surface area contributed by atoms with Crippen LogP contribution in [0.3, 0.4) is 0 Å². The Labute approximate surface area is 210 Å². The van der Waals surface area contributed by atoms with Gasteiger partial charge in [-0.1, -0.05) is 18.2 Å². The Kier molecular flexibility index (Phi) is 9.43. The van der Waals surface area contributed by atoms with Crippen molar-refractivity contribution in [2.75, 3.05) is 13.1 Å². The van der Waals surface area contributed by atoms with Crippen LogP contribution in [0.25, 0.3) is 10.9 Å². The minimum atomic E-state index is -1.16. The van der Waals surface area contributed by atoms with Crippen LogP contribution in [0, 0.1) is 0 Å². The summed E-state index contributed by atoms with van der Waals surface area (Å²) in [4.78, 5) is 55.3. The summed E-state index contributed by atoms with van der Waals surface area (Å²) in [6, 6.07) is 3.94. The third-order valence-electron chi connectivity index (χ3n) is 6.53. The molecule has 11 nitrogen and oxygen atoms in total. The first-order chi connectivity index (χ1) is 17.2. The average molecular weight is 501 g/mol. The van der Waals surface area contributed by atoms with Crippen molar-refractivity contribution in [3.63, 3.8) is 0 Å². The Balaban J connectivity index is 1.71. The molecular weight excluding hydrogens is 464 g/mol. The SMILES string of the molecule is CC(N)C(=O)NC(CCCCN)C(=O)N1CCCC1C(=O)NC(Cc1c[nH]c2ccccc12)C(=O)O. The number of unbranched alkanes of at least 4 members (excludes halogenated alkanes) is 1. The minimum Gasteiger partial charge on any atom is -0.480 e. The highest BCUT2D eigenvalue weighted by Crippen LogP contribution is 2.22. The molecule has 8 N–H and O–H groups in total. The van der Waals surface area contributed by atoms with E-state index in [-0.39, 0.29) is 12.3 Å². The number of carboxylic acids is 1. The van der Waals surface area contributed by atoms with Crippen LogP contribution >= 0.6 is 0 Å². The van der Waals surface area contributed by atoms with Gasteiger partial charge in [0.1, 0.15) is 18.1 Å². The second-order valence-electron chi connectivity index (χ2n) is 9.29. The normalized spacial score (nSPS) is 18.0. The van der Waals surface area contributed by atoms with E-state index in [0.29, 0.717) is 45.2 Å². The average Bonchev–Trinajstić information content (AvgIpc) is 3.50. The number of aliphatic carboxylic acids is 1. The fraction of sp³-hybridized carbons (Fsp3) is 0.520. The van der Waals surface area contributed by atoms with Gasteiger partial charge in [0.05, 0.1) is 6.04 Å². The van der Waals surface area contributed by atoms with Crippen molar-refractivity contribution in [2.45, 2.75) is 69.6 Å². The highest BCUT2D eigenvalue weighted by molar-refractivity contribution is 5.94. The van der Waals surface area contributed by atoms with Gasteiger partial charge in [-0.25, -0.2) is 4.79 Å². The smallest absolute Gasteiger partial charge is 0.326 e. The molecule has 4 unspecified atom stereocenters. The van der Waals surface area contributed by atoms with E-state index in [2.05, 4.69) is 15.6 Å². The first kappa shape index (κ1) is 27.2. The van der Waals surface area contributed by atoms with E-state index in [4.69, 9.17) is 11.5 Å². The maximum absolute atomic E-state index is 13.4. The van der Waals surface area contributed by atoms with Gasteiger partial charge in [0.25, 0.3) is 0 Å². The first-order valence-corrected chi connectivity index (χ1v) is 12.4. The quantitative estimate of drug-likeness (QED) is 0.225. The minimum absolute atomic E-state index is 0.0952. The van der Waals surface area contributed by atoms with Crippen LogP contribution < -0.4 is 22.1 Å². The molecule has 1 aromatic carbocycles. The number of hydrogen-bond donors (Lipinski definition) is 6. The number of aromatic nitrogens is 1. The number of carbonyl (C=O) groups excluding carboxylic acids is 3. The third-order valence-corrected chi connectivity index (χ3v) is 6.53. The number of nitrogens with zero attached hydrogens (tertiary/aromatic N) is 1. The number of benzene rings is 1. The molecule has 11 heteroatoms. The van der Waals surface area contributed by atoms with Gasteiger partial charge in [0, 0.05) is 30.1 Å². The third kappa shape index (κ3) is 6.61. The molecular formula is C25H36N6O5. The Morgan fingerprint density at radius 1 is 1.17 bits per heavy atom. The molecule has 1 aliphatic heterocycles. The van der Waals surface area contributed by atoms with E-state index in [1.54, 1.807) is 6.20 Å². The molecule has 1 fully saturated rings. The molecule has 3 amide bonds. The molecule has 4 atom stereocenters. The Morgan fingerprint density at radius 3 is 2.61 bits per heavy atom. The number of nitrogens with one attached hydrogen (secondary N) is 3. The van der Waals surface area contributed by atoms with E-state index in [0.717, 1.165) is 16.5 Å². The molecule has 2 aromatic rings. The molecule has 0 radical (unpaired) electrons. The number of amides is 3. The van der Waals surface area contributed by atoms with Crippen LogP contribution in [0.2, 0.25) is 0 Å². The van der Waals surface area contributed by atoms with Crippen molar-refractivity contribution < 1.29 is 24.3 Å². The summed E-state index contributed by atoms with van der Waals surface area (Å²) in [5, 5.41) is 16.0. The van der Waals surface area contributed by atoms with E-state index >= 15 is 0 Å². The predicted octanol–water partition coefficient (Wildman–Crippen LogP) is 0.232. The summed E-state index contributed by atoms with van der Waals surface area (Å²) in [7, 11) is 0. The monoisotopic (exact) mass is 500 g/mol. The zero-order valence-electron chi connectivity index (χ0n) is 20.5. The Bertz CT molecular complexity index is 1080. The van der Waals surface area contributed by atoms with E-state index in [9.17, 15) is 24.3 Å². The molecule has 36 heavy (non-hydrogen) atoms. The summed E-state index contributed by atoms with van der Waals surface area (Å²) in [5.41, 5.74) is 12.9. The van der Waals surface area contributed by atoms with Crippen molar-refractivity contribution >= 4 is 34.6 Å². The lowest BCUT2D eigenvalue weighted by Gasteiger charge is -2.30. The van der Waals surface area contributed by atoms with E-state index < -0.39 is 42.0 Å². The Hall–Kier alpha value is -3.44. The predicted molar refractivity (Wildman–Crippen MR) is 135 cm³/mol. The number of carboxylic acid groups (broad SMARTS) is 1. The van der Waals surface area contributed by atoms with Crippen molar-refractivity contribution in [3.05, 3.63) is 36.0 Å². The molecule has 2 heterocycles. The molecule has 196 valence electrons. The van der Waals surface area contributed by atoms with Crippen molar-refractivity contribution in [3.8, 4) is 0 Å². The molecule has 1 saturated heterocycles. The number of aromatic amines is 1. The first-order valence-electron chi connectivity index (χ1n) is 12.4. The van der Waals surface area contributed by atoms with Gasteiger partial charge in [-0.15, -0.1) is 0 Å². The van der Waals surface area contributed by atoms with Crippen molar-refractivity contribution in [1.29, 1.82) is 0 Å². The topological polar surface area (TPSA) is 184 Å². The van der Waals surface area contributed by atoms with Crippen LogP contribution in [-0.2, 0) is 25.6 Å². The zero-order chi connectivity index (χ0) is 26.2. The number of likely N-dealkylation sites (tertiary alicyclic amines) is 1. The standard InChI is InChI=1S/C25H36N6O5/c1-15(27)22(32)29-19(9-4-5-11-26)24(34)31-12-6-10-21(31)23(33)30-20(25(35)36)13-16-14-28-18-8-3-2-7-17(16)18/h2-3,7-8,14-15,19-21,28H,4-6,9-13,26-27H2,1H3,(H,29,32)(H,30,33)(H,35,36). The fourth-order valence-corrected chi connectivity index (χ4v) is 4.54. The summed E-state index contributed by atoms with van der Waals surface area (Å²) < 4.78 is 0. The number of nitrogens with two attached hydrogens (primary N) is 2. The molecule has 0 saturated carbocycles. The van der Waals surface area contributed by atoms with Crippen LogP contribution in [0.4, 0.5) is 0 Å². The molecule has 0 aliphatic carbocycles. The van der Waals surface area contributed by atoms with Gasteiger partial charge in [0.2, 0.25) is 17.7 Å². The van der Waals surface area contributed by atoms with Crippen molar-refractivity contribution in [2.24, 2.45) is 11.5 Å². The number of H-pyrrole nitrogens is 1. The summed E-state index contributed by atoms with van der Waals surface area (Å²) in [6.45, 7) is 2.34. The highest BCUT2D eigenvalue weighted by Gasteiger charge is 2.39. The van der Waals surface area contributed by atoms with Gasteiger partial charge in [-0.3, -0.25) is 14.4 Å². The second kappa shape index (κ2) is 12.5. The van der Waals surface area contributed by atoms with Crippen LogP contribution in [0.1, 0.15) is 44.6 Å². The van der Waals surface area contributed by atoms with Gasteiger partial charge in [0.15, 0.2) is 0 Å². The number of para-hydroxylation sites is 1. The van der Waals surface area contributed by atoms with Crippen LogP contribution in [-0.4, -0.2) is 75.9 Å². The van der Waals surface area contributed by atoms with Gasteiger partial charge in [-0.05, 0) is 57.2 Å². The number of fused-ring (bicyclic) bond motifs is 1. The molecule has 0 spiro atoms. The molecule has 1 aliphatic rings. The summed E-state index contributed by atoms with van der Waals surface area (Å²) >= 11 is 0. The van der Waals surface area contributed by atoms with Crippen molar-refractivity contribution in [1.82, 2.24) is 20.5 Å². The largest absolute Gasteiger partial charge is 0.480 e. The molecule has 3 rings (SSSR count). The van der Waals surface area contributed by atoms with Gasteiger partial charge in [-0.2, -0.15) is 0 Å². The fourth-order valence-electron chi connectivity index (χ4n) is 4.54. The lowest BCUT2D eigenvalue weighted by Crippen LogP contribution is -2.56. The number of hydrogen-bond acceptors (Lipinski definition) is 6. The zero-order valence-corrected chi connectivity index (χ0v) is 20.5. The lowest BCUT2D eigenvalue weighted by atomic mass is 10.0. The molecule has 0 bridgehead atoms. The highest BCUT2D eigenvalue weighted by atomic mass is 16.4. The van der Waals surface area contributed by atoms with Crippen LogP contribution in [0.15, 0.2) is 30.5 Å². The lowest BCUT2D eigenvalue weighted by molar-refractivity contribution is -0.145. The number of rotatable bonds is 12. The number of carbonyl (C=O) groups is 4. The Morgan fingerprint density at radius 2 is 1.92 bits per heavy atom. The second-order valence-corrected chi connectivity index (χ2v) is 9.29. The summed E-state index contributed by atoms with van der Waals surface area (Å²) in [5.74, 6) is -2.51. The van der Waals surface area contributed by atoms with Gasteiger partial charge < -0.3 is 37.1 Å².